The van der Waals surface area contributed by atoms with E-state index in [1.807, 2.05) is 13.1 Å². The lowest BCUT2D eigenvalue weighted by atomic mass is 9.50. The van der Waals surface area contributed by atoms with E-state index in [0.29, 0.717) is 38.8 Å². The predicted octanol–water partition coefficient (Wildman–Crippen LogP) is 1.85. The van der Waals surface area contributed by atoms with Gasteiger partial charge in [-0.05, 0) is 98.0 Å². The third-order valence-corrected chi connectivity index (χ3v) is 10.2. The smallest absolute Gasteiger partial charge is 0.407 e. The van der Waals surface area contributed by atoms with Crippen molar-refractivity contribution in [2.24, 2.45) is 0 Å². The van der Waals surface area contributed by atoms with Gasteiger partial charge in [0.05, 0.1) is 11.0 Å². The molecule has 280 valence electrons. The number of aromatic hydroxyl groups is 1. The monoisotopic (exact) mass is 714 g/mol. The van der Waals surface area contributed by atoms with Crippen LogP contribution in [0.3, 0.4) is 0 Å². The molecule has 51 heavy (non-hydrogen) atoms. The SMILES string of the molecule is CC(=O)N[C@@H](CCCCNC(=O)OC(C)(C)C)C(=O)N[C@@H](C)C(=O)O[C@@H](C)C(=O)OC1=CC[C@@]2(O)[C@H]3Cc4ccc(O)c5c4[C@@]2(CCN3C)[C@H]1O5. The van der Waals surface area contributed by atoms with E-state index in [1.165, 1.54) is 20.8 Å². The highest BCUT2D eigenvalue weighted by molar-refractivity contribution is 5.90. The standard InChI is InChI=1S/C36H50N4O11/c1-19(38-30(43)23(39-21(3)41)10-8-9-16-37-33(46)51-34(4,5)6)31(44)48-20(2)32(45)49-25-13-14-36(47)26-18-22-11-12-24(42)28-27(22)35(36,29(25)50-28)15-17-40(26)7/h11-13,19-20,23,26,29,42,47H,8-10,14-18H2,1-7H3,(H,37,46)(H,38,43)(H,39,41)/t19-,20-,23-,26+,29-,35-,36+/m0/s1. The Bertz CT molecular complexity index is 1610. The summed E-state index contributed by atoms with van der Waals surface area (Å²) in [6.07, 6.45) is 1.31. The number of phenols is 1. The van der Waals surface area contributed by atoms with Crippen molar-refractivity contribution >= 4 is 29.8 Å². The van der Waals surface area contributed by atoms with Gasteiger partial charge in [-0.15, -0.1) is 0 Å². The number of carbonyl (C=O) groups is 5. The average molecular weight is 715 g/mol. The van der Waals surface area contributed by atoms with E-state index in [1.54, 1.807) is 32.9 Å². The molecule has 2 aliphatic heterocycles. The van der Waals surface area contributed by atoms with E-state index in [-0.39, 0.29) is 36.1 Å². The number of benzene rings is 1. The predicted molar refractivity (Wildman–Crippen MR) is 182 cm³/mol. The highest BCUT2D eigenvalue weighted by Crippen LogP contribution is 2.65. The molecule has 1 saturated heterocycles. The summed E-state index contributed by atoms with van der Waals surface area (Å²) in [5.41, 5.74) is -1.10. The van der Waals surface area contributed by atoms with Crippen LogP contribution in [0, 0.1) is 0 Å². The quantitative estimate of drug-likeness (QED) is 0.120. The van der Waals surface area contributed by atoms with Crippen molar-refractivity contribution in [3.05, 3.63) is 35.1 Å². The maximum absolute atomic E-state index is 13.3. The molecule has 0 radical (unpaired) electrons. The van der Waals surface area contributed by atoms with Crippen LogP contribution < -0.4 is 20.7 Å². The van der Waals surface area contributed by atoms with Gasteiger partial charge in [-0.2, -0.15) is 0 Å². The summed E-state index contributed by atoms with van der Waals surface area (Å²) >= 11 is 0. The fourth-order valence-electron chi connectivity index (χ4n) is 7.83. The molecule has 4 aliphatic rings. The average Bonchev–Trinajstić information content (AvgIpc) is 3.39. The Labute approximate surface area is 297 Å². The molecule has 7 atom stereocenters. The summed E-state index contributed by atoms with van der Waals surface area (Å²) in [5, 5.41) is 30.7. The molecule has 2 bridgehead atoms. The van der Waals surface area contributed by atoms with E-state index in [4.69, 9.17) is 18.9 Å². The Hall–Kier alpha value is -4.37. The van der Waals surface area contributed by atoms with Gasteiger partial charge >= 0.3 is 18.0 Å². The zero-order chi connectivity index (χ0) is 37.5. The lowest BCUT2D eigenvalue weighted by molar-refractivity contribution is -0.176. The van der Waals surface area contributed by atoms with Crippen molar-refractivity contribution in [2.45, 2.75) is 127 Å². The minimum Gasteiger partial charge on any atom is -0.504 e. The van der Waals surface area contributed by atoms with Crippen LogP contribution in [0.5, 0.6) is 11.5 Å². The van der Waals surface area contributed by atoms with Crippen molar-refractivity contribution in [1.29, 1.82) is 0 Å². The van der Waals surface area contributed by atoms with E-state index in [9.17, 15) is 34.2 Å². The van der Waals surface area contributed by atoms with E-state index in [2.05, 4.69) is 20.9 Å². The number of likely N-dealkylation sites (tertiary alicyclic amines) is 1. The number of hydrogen-bond donors (Lipinski definition) is 5. The number of nitrogens with one attached hydrogen (secondary N) is 3. The lowest BCUT2D eigenvalue weighted by Gasteiger charge is -2.61. The van der Waals surface area contributed by atoms with Crippen LogP contribution >= 0.6 is 0 Å². The molecule has 1 spiro atoms. The number of nitrogens with zero attached hydrogens (tertiary/aromatic N) is 1. The minimum atomic E-state index is -1.37. The second-order valence-corrected chi connectivity index (χ2v) is 15.0. The van der Waals surface area contributed by atoms with Crippen LogP contribution in [0.25, 0.3) is 0 Å². The van der Waals surface area contributed by atoms with Crippen LogP contribution in [0.4, 0.5) is 4.79 Å². The number of hydrogen-bond acceptors (Lipinski definition) is 12. The summed E-state index contributed by atoms with van der Waals surface area (Å²) in [5.74, 6) is -2.44. The number of piperidine rings is 1. The van der Waals surface area contributed by atoms with Crippen molar-refractivity contribution < 1.29 is 53.1 Å². The number of esters is 2. The molecule has 0 saturated carbocycles. The van der Waals surface area contributed by atoms with Crippen LogP contribution in [-0.4, -0.2) is 107 Å². The lowest BCUT2D eigenvalue weighted by Crippen LogP contribution is -2.74. The second kappa shape index (κ2) is 14.3. The zero-order valence-electron chi connectivity index (χ0n) is 30.3. The Kier molecular flexibility index (Phi) is 10.6. The molecule has 2 heterocycles. The molecule has 1 aromatic carbocycles. The first kappa shape index (κ1) is 37.9. The third kappa shape index (κ3) is 7.36. The first-order chi connectivity index (χ1) is 23.9. The summed E-state index contributed by atoms with van der Waals surface area (Å²) in [6, 6.07) is 1.09. The molecule has 15 nitrogen and oxygen atoms in total. The number of aliphatic hydroxyl groups is 1. The van der Waals surface area contributed by atoms with Gasteiger partial charge in [0.2, 0.25) is 11.8 Å². The normalized spacial score (nSPS) is 26.2. The number of phenolic OH excluding ortho intramolecular Hbond substituents is 1. The van der Waals surface area contributed by atoms with Crippen molar-refractivity contribution in [1.82, 2.24) is 20.9 Å². The Morgan fingerprint density at radius 3 is 2.51 bits per heavy atom. The number of rotatable bonds is 12. The number of amides is 3. The first-order valence-electron chi connectivity index (χ1n) is 17.5. The maximum Gasteiger partial charge on any atom is 0.407 e. The van der Waals surface area contributed by atoms with Gasteiger partial charge < -0.3 is 50.0 Å². The van der Waals surface area contributed by atoms with Crippen molar-refractivity contribution in [3.63, 3.8) is 0 Å². The van der Waals surface area contributed by atoms with Crippen LogP contribution in [0.2, 0.25) is 0 Å². The summed E-state index contributed by atoms with van der Waals surface area (Å²) < 4.78 is 22.7. The summed E-state index contributed by atoms with van der Waals surface area (Å²) in [4.78, 5) is 65.1. The fourth-order valence-corrected chi connectivity index (χ4v) is 7.83. The number of carbonyl (C=O) groups excluding carboxylic acids is 5. The van der Waals surface area contributed by atoms with Crippen molar-refractivity contribution in [3.8, 4) is 11.5 Å². The Morgan fingerprint density at radius 1 is 1.10 bits per heavy atom. The molecular formula is C36H50N4O11. The number of alkyl carbamates (subject to hydrolysis) is 1. The molecule has 1 fully saturated rings. The summed E-state index contributed by atoms with van der Waals surface area (Å²) in [7, 11) is 1.97. The van der Waals surface area contributed by atoms with Crippen LogP contribution in [0.15, 0.2) is 24.0 Å². The molecule has 0 unspecified atom stereocenters. The van der Waals surface area contributed by atoms with E-state index in [0.717, 1.165) is 11.1 Å². The first-order valence-corrected chi connectivity index (χ1v) is 17.5. The largest absolute Gasteiger partial charge is 0.504 e. The number of unbranched alkanes of at least 4 members (excludes halogenated alkanes) is 1. The highest BCUT2D eigenvalue weighted by atomic mass is 16.6. The molecule has 1 aromatic rings. The second-order valence-electron chi connectivity index (χ2n) is 15.0. The third-order valence-electron chi connectivity index (χ3n) is 10.2. The molecule has 3 amide bonds. The number of likely N-dealkylation sites (N-methyl/N-ethyl adjacent to an activating group) is 1. The van der Waals surface area contributed by atoms with Gasteiger partial charge in [-0.1, -0.05) is 6.07 Å². The molecule has 15 heteroatoms. The van der Waals surface area contributed by atoms with E-state index >= 15 is 0 Å². The van der Waals surface area contributed by atoms with Gasteiger partial charge in [0, 0.05) is 31.5 Å². The fraction of sp³-hybridized carbons (Fsp3) is 0.639. The van der Waals surface area contributed by atoms with Crippen molar-refractivity contribution in [2.75, 3.05) is 20.1 Å². The maximum atomic E-state index is 13.3. The minimum absolute atomic E-state index is 0.0581. The van der Waals surface area contributed by atoms with Crippen LogP contribution in [-0.2, 0) is 45.2 Å². The molecule has 0 aromatic heterocycles. The molecule has 5 N–H and O–H groups in total. The Balaban J connectivity index is 1.16. The van der Waals surface area contributed by atoms with Crippen LogP contribution in [0.1, 0.15) is 84.8 Å². The highest BCUT2D eigenvalue weighted by Gasteiger charge is 2.72. The topological polar surface area (TPSA) is 202 Å². The molecule has 5 rings (SSSR count). The van der Waals surface area contributed by atoms with Gasteiger partial charge in [0.15, 0.2) is 23.7 Å². The van der Waals surface area contributed by atoms with Gasteiger partial charge in [0.1, 0.15) is 23.4 Å². The van der Waals surface area contributed by atoms with Gasteiger partial charge in [-0.3, -0.25) is 9.59 Å². The Morgan fingerprint density at radius 2 is 1.82 bits per heavy atom. The van der Waals surface area contributed by atoms with Gasteiger partial charge in [-0.25, -0.2) is 14.4 Å². The van der Waals surface area contributed by atoms with Gasteiger partial charge in [0.25, 0.3) is 0 Å². The molecular weight excluding hydrogens is 664 g/mol. The summed E-state index contributed by atoms with van der Waals surface area (Å²) in [6.45, 7) is 10.2. The van der Waals surface area contributed by atoms with E-state index < -0.39 is 70.8 Å². The molecule has 2 aliphatic carbocycles. The number of ether oxygens (including phenoxy) is 4. The zero-order valence-corrected chi connectivity index (χ0v) is 30.3.